The third-order valence-electron chi connectivity index (χ3n) is 2.73. The fraction of sp³-hybridized carbons (Fsp3) is 0.667. The Hall–Kier alpha value is -0.490. The van der Waals surface area contributed by atoms with Crippen molar-refractivity contribution in [3.05, 3.63) is 11.1 Å². The Morgan fingerprint density at radius 3 is 3.13 bits per heavy atom. The summed E-state index contributed by atoms with van der Waals surface area (Å²) in [6.45, 7) is 3.81. The number of piperidine rings is 1. The first kappa shape index (κ1) is 11.0. The van der Waals surface area contributed by atoms with Gasteiger partial charge in [-0.1, -0.05) is 27.3 Å². The van der Waals surface area contributed by atoms with Gasteiger partial charge in [0, 0.05) is 17.9 Å². The van der Waals surface area contributed by atoms with E-state index in [-0.39, 0.29) is 5.91 Å². The van der Waals surface area contributed by atoms with Crippen LogP contribution in [-0.4, -0.2) is 38.3 Å². The van der Waals surface area contributed by atoms with Gasteiger partial charge >= 0.3 is 0 Å². The molecule has 0 bridgehead atoms. The molecule has 0 saturated carbocycles. The lowest BCUT2D eigenvalue weighted by Gasteiger charge is -2.33. The summed E-state index contributed by atoms with van der Waals surface area (Å²) in [5.74, 6) is 0.690. The van der Waals surface area contributed by atoms with Crippen LogP contribution in [0.5, 0.6) is 0 Å². The molecule has 1 aliphatic heterocycles. The van der Waals surface area contributed by atoms with E-state index in [1.165, 1.54) is 6.20 Å². The van der Waals surface area contributed by atoms with Crippen LogP contribution in [0.25, 0.3) is 0 Å². The Morgan fingerprint density at radius 1 is 1.73 bits per heavy atom. The monoisotopic (exact) mass is 289 g/mol. The van der Waals surface area contributed by atoms with Crippen molar-refractivity contribution in [2.45, 2.75) is 18.2 Å². The number of amides is 1. The second-order valence-electron chi connectivity index (χ2n) is 3.81. The lowest BCUT2D eigenvalue weighted by atomic mass is 9.99. The molecule has 1 amide bonds. The molecule has 82 valence electrons. The zero-order valence-corrected chi connectivity index (χ0v) is 10.8. The van der Waals surface area contributed by atoms with Gasteiger partial charge in [-0.05, 0) is 23.9 Å². The number of carbonyl (C=O) groups excluding carboxylic acids is 1. The van der Waals surface area contributed by atoms with Crippen molar-refractivity contribution >= 4 is 33.4 Å². The molecule has 0 radical (unpaired) electrons. The Bertz CT molecular complexity index is 343. The number of carbonyl (C=O) groups is 1. The van der Waals surface area contributed by atoms with Crippen LogP contribution in [0, 0.1) is 5.92 Å². The van der Waals surface area contributed by atoms with Crippen LogP contribution in [0.15, 0.2) is 6.20 Å². The molecule has 1 aromatic heterocycles. The first-order valence-corrected chi connectivity index (χ1v) is 6.58. The molecule has 6 heteroatoms. The number of aromatic nitrogens is 2. The quantitative estimate of drug-likeness (QED) is 0.741. The molecule has 1 aromatic rings. The molecular formula is C9H12BrN3OS. The van der Waals surface area contributed by atoms with Crippen molar-refractivity contribution in [1.82, 2.24) is 14.5 Å². The molecule has 0 spiro atoms. The van der Waals surface area contributed by atoms with Gasteiger partial charge in [0.15, 0.2) is 0 Å². The van der Waals surface area contributed by atoms with Crippen molar-refractivity contribution in [2.24, 2.45) is 5.92 Å². The third kappa shape index (κ3) is 2.36. The van der Waals surface area contributed by atoms with Gasteiger partial charge in [-0.3, -0.25) is 4.79 Å². The molecule has 0 aliphatic carbocycles. The Labute approximate surface area is 101 Å². The zero-order valence-electron chi connectivity index (χ0n) is 8.39. The van der Waals surface area contributed by atoms with Crippen molar-refractivity contribution in [2.75, 3.05) is 13.1 Å². The number of rotatable bonds is 1. The molecule has 1 saturated heterocycles. The maximum Gasteiger partial charge on any atom is 0.267 e. The highest BCUT2D eigenvalue weighted by Gasteiger charge is 2.28. The van der Waals surface area contributed by atoms with E-state index in [2.05, 4.69) is 32.4 Å². The first-order valence-electron chi connectivity index (χ1n) is 4.89. The number of halogens is 1. The third-order valence-corrected chi connectivity index (χ3v) is 4.57. The van der Waals surface area contributed by atoms with E-state index in [9.17, 15) is 4.79 Å². The fourth-order valence-electron chi connectivity index (χ4n) is 1.62. The summed E-state index contributed by atoms with van der Waals surface area (Å²) in [7, 11) is 0. The predicted octanol–water partition coefficient (Wildman–Crippen LogP) is 1.78. The molecule has 2 unspecified atom stereocenters. The number of likely N-dealkylation sites (tertiary alicyclic amines) is 1. The van der Waals surface area contributed by atoms with Crippen LogP contribution in [0.3, 0.4) is 0 Å². The van der Waals surface area contributed by atoms with Crippen LogP contribution >= 0.6 is 27.5 Å². The molecule has 4 nitrogen and oxygen atoms in total. The molecule has 0 aromatic carbocycles. The molecule has 1 fully saturated rings. The molecule has 2 rings (SSSR count). The number of nitrogens with zero attached hydrogens (tertiary/aromatic N) is 3. The number of hydrogen-bond acceptors (Lipinski definition) is 4. The van der Waals surface area contributed by atoms with Crippen LogP contribution in [0.2, 0.25) is 0 Å². The van der Waals surface area contributed by atoms with Crippen LogP contribution in [-0.2, 0) is 0 Å². The van der Waals surface area contributed by atoms with Gasteiger partial charge in [0.25, 0.3) is 5.91 Å². The van der Waals surface area contributed by atoms with Crippen LogP contribution in [0.4, 0.5) is 0 Å². The van der Waals surface area contributed by atoms with E-state index >= 15 is 0 Å². The minimum atomic E-state index is 0.0568. The van der Waals surface area contributed by atoms with Crippen molar-refractivity contribution < 1.29 is 4.79 Å². The highest BCUT2D eigenvalue weighted by atomic mass is 79.9. The minimum absolute atomic E-state index is 0.0568. The largest absolute Gasteiger partial charge is 0.337 e. The van der Waals surface area contributed by atoms with E-state index in [0.717, 1.165) is 31.0 Å². The first-order chi connectivity index (χ1) is 7.18. The second kappa shape index (κ2) is 4.57. The van der Waals surface area contributed by atoms with Crippen LogP contribution < -0.4 is 0 Å². The summed E-state index contributed by atoms with van der Waals surface area (Å²) in [5, 5.41) is 3.68. The molecule has 15 heavy (non-hydrogen) atoms. The summed E-state index contributed by atoms with van der Waals surface area (Å²) < 4.78 is 3.70. The fourth-order valence-corrected chi connectivity index (χ4v) is 2.72. The average molecular weight is 290 g/mol. The number of hydrogen-bond donors (Lipinski definition) is 0. The topological polar surface area (TPSA) is 46.1 Å². The summed E-state index contributed by atoms with van der Waals surface area (Å²) >= 11 is 4.76. The normalized spacial score (nSPS) is 26.7. The Morgan fingerprint density at radius 2 is 2.53 bits per heavy atom. The lowest BCUT2D eigenvalue weighted by molar-refractivity contribution is 0.0710. The molecular weight excluding hydrogens is 278 g/mol. The maximum atomic E-state index is 11.9. The zero-order chi connectivity index (χ0) is 10.8. The Kier molecular flexibility index (Phi) is 3.35. The van der Waals surface area contributed by atoms with Crippen molar-refractivity contribution in [3.8, 4) is 0 Å². The standard InChI is InChI=1S/C9H12BrN3OS/c1-6-2-3-13(5-7(6)10)9(14)8-4-11-12-15-8/h4,6-7H,2-3,5H2,1H3. The molecule has 1 aliphatic rings. The van der Waals surface area contributed by atoms with Gasteiger partial charge in [-0.15, -0.1) is 5.10 Å². The highest BCUT2D eigenvalue weighted by Crippen LogP contribution is 2.24. The van der Waals surface area contributed by atoms with E-state index < -0.39 is 0 Å². The van der Waals surface area contributed by atoms with Crippen LogP contribution in [0.1, 0.15) is 23.0 Å². The van der Waals surface area contributed by atoms with Gasteiger partial charge in [0.1, 0.15) is 4.88 Å². The molecule has 0 N–H and O–H groups in total. The van der Waals surface area contributed by atoms with E-state index in [0.29, 0.717) is 15.6 Å². The molecule has 2 atom stereocenters. The van der Waals surface area contributed by atoms with E-state index in [4.69, 9.17) is 0 Å². The number of alkyl halides is 1. The smallest absolute Gasteiger partial charge is 0.267 e. The van der Waals surface area contributed by atoms with Gasteiger partial charge in [0.05, 0.1) is 6.20 Å². The summed E-state index contributed by atoms with van der Waals surface area (Å²) in [5.41, 5.74) is 0. The lowest BCUT2D eigenvalue weighted by Crippen LogP contribution is -2.43. The van der Waals surface area contributed by atoms with E-state index in [1.54, 1.807) is 0 Å². The molecule has 2 heterocycles. The summed E-state index contributed by atoms with van der Waals surface area (Å²) in [6, 6.07) is 0. The van der Waals surface area contributed by atoms with Crippen molar-refractivity contribution in [1.29, 1.82) is 0 Å². The minimum Gasteiger partial charge on any atom is -0.337 e. The summed E-state index contributed by atoms with van der Waals surface area (Å²) in [6.07, 6.45) is 2.59. The summed E-state index contributed by atoms with van der Waals surface area (Å²) in [4.78, 5) is 14.8. The van der Waals surface area contributed by atoms with Gasteiger partial charge < -0.3 is 4.90 Å². The predicted molar refractivity (Wildman–Crippen MR) is 62.3 cm³/mol. The Balaban J connectivity index is 2.03. The van der Waals surface area contributed by atoms with Gasteiger partial charge in [0.2, 0.25) is 0 Å². The maximum absolute atomic E-state index is 11.9. The SMILES string of the molecule is CC1CCN(C(=O)c2cnns2)CC1Br. The second-order valence-corrected chi connectivity index (χ2v) is 5.78. The van der Waals surface area contributed by atoms with E-state index in [1.807, 2.05) is 4.90 Å². The van der Waals surface area contributed by atoms with Gasteiger partial charge in [-0.25, -0.2) is 0 Å². The average Bonchev–Trinajstić information content (AvgIpc) is 2.74. The van der Waals surface area contributed by atoms with Gasteiger partial charge in [-0.2, -0.15) is 0 Å². The highest BCUT2D eigenvalue weighted by molar-refractivity contribution is 9.09. The van der Waals surface area contributed by atoms with Crippen molar-refractivity contribution in [3.63, 3.8) is 0 Å².